The van der Waals surface area contributed by atoms with Gasteiger partial charge in [0.1, 0.15) is 0 Å². The van der Waals surface area contributed by atoms with Crippen LogP contribution in [0, 0.1) is 11.8 Å². The van der Waals surface area contributed by atoms with Crippen molar-refractivity contribution in [1.82, 2.24) is 4.90 Å². The van der Waals surface area contributed by atoms with Crippen LogP contribution in [0.4, 0.5) is 32.0 Å². The first kappa shape index (κ1) is 63.0. The van der Waals surface area contributed by atoms with Crippen molar-refractivity contribution in [2.45, 2.75) is 182 Å². The molecule has 5 fully saturated rings. The van der Waals surface area contributed by atoms with E-state index in [1.165, 1.54) is 30.7 Å². The van der Waals surface area contributed by atoms with Crippen molar-refractivity contribution >= 4 is 106 Å². The number of thioether (sulfide) groups is 2. The molecular formula is C82H74F6N2O5S2. The van der Waals surface area contributed by atoms with Gasteiger partial charge >= 0.3 is 17.8 Å². The second kappa shape index (κ2) is 21.8. The number of benzene rings is 8. The van der Waals surface area contributed by atoms with Crippen molar-refractivity contribution in [2.75, 3.05) is 12.0 Å². The normalized spacial score (nSPS) is 27.3. The van der Waals surface area contributed by atoms with E-state index in [1.54, 1.807) is 49.1 Å². The van der Waals surface area contributed by atoms with Gasteiger partial charge in [-0.25, -0.2) is 4.90 Å². The predicted octanol–water partition coefficient (Wildman–Crippen LogP) is 21.5. The minimum atomic E-state index is -5.71. The fourth-order valence-electron chi connectivity index (χ4n) is 20.4. The van der Waals surface area contributed by atoms with E-state index in [0.29, 0.717) is 71.5 Å². The Morgan fingerprint density at radius 3 is 1.40 bits per heavy atom. The summed E-state index contributed by atoms with van der Waals surface area (Å²) in [6.07, 6.45) is 16.0. The molecule has 4 amide bonds. The van der Waals surface area contributed by atoms with Gasteiger partial charge in [-0.15, -0.1) is 11.8 Å². The molecule has 4 unspecified atom stereocenters. The van der Waals surface area contributed by atoms with Gasteiger partial charge in [0.2, 0.25) is 0 Å². The largest absolute Gasteiger partial charge is 0.380 e. The number of unbranched alkanes of at least 4 members (excludes halogenated alkanes) is 6. The first-order chi connectivity index (χ1) is 46.5. The highest BCUT2D eigenvalue weighted by atomic mass is 32.2. The quantitative estimate of drug-likeness (QED) is 0.0295. The smallest absolute Gasteiger partial charge is 0.361 e. The topological polar surface area (TPSA) is 84.0 Å². The number of hydrogen-bond donors (Lipinski definition) is 0. The lowest BCUT2D eigenvalue weighted by molar-refractivity contribution is -0.258. The summed E-state index contributed by atoms with van der Waals surface area (Å²) in [5, 5.41) is 6.24. The van der Waals surface area contributed by atoms with Crippen LogP contribution in [0.2, 0.25) is 0 Å². The molecule has 7 nitrogen and oxygen atoms in total. The Labute approximate surface area is 568 Å². The van der Waals surface area contributed by atoms with Crippen LogP contribution in [0.25, 0.3) is 52.9 Å². The van der Waals surface area contributed by atoms with Crippen molar-refractivity contribution in [3.8, 4) is 0 Å². The van der Waals surface area contributed by atoms with Crippen molar-refractivity contribution in [2.24, 2.45) is 11.8 Å². The highest BCUT2D eigenvalue weighted by molar-refractivity contribution is 8.14. The molecule has 8 aromatic rings. The number of ether oxygens (including phenoxy) is 1. The molecule has 0 N–H and O–H groups in total. The lowest BCUT2D eigenvalue weighted by atomic mass is 9.42. The molecule has 4 heterocycles. The molecule has 5 saturated carbocycles. The zero-order valence-corrected chi connectivity index (χ0v) is 56.8. The van der Waals surface area contributed by atoms with Crippen LogP contribution in [0.1, 0.15) is 201 Å². The standard InChI is InChI=1S/C82H74F6N2O5S2/c1-7-9-11-16-20-52(21-17-12-10-8-2)89-72(91)58-34-30-54-56-32-36-60-65-61(37-33-57(63(56)65)55-31-35-59(73(89)92)64(58)62(54)55)75(94)90(74(60)93)53-28-26-51(27-29-53)78-41-46-38-47(42-78)40-77(39-46,43-78)50-24-22-49(23-25-50)70-44(3)66-68-69(80(85,86)82(87,88)79(68,83)84)67-45(4)71(48-18-14-13-15-19-48)97-81(67,95-6)76(66,5)96-70/h13-15,18-19,22-37,46-47,52H,7-12,16-17,20-21,38-43H2,1-6H3/t46-,47+,76?,77?,78?,81?. The number of alkyl halides is 6. The number of hydrogen-bond acceptors (Lipinski definition) is 7. The Kier molecular flexibility index (Phi) is 14.1. The van der Waals surface area contributed by atoms with Crippen molar-refractivity contribution in [3.63, 3.8) is 0 Å². The van der Waals surface area contributed by atoms with E-state index in [-0.39, 0.29) is 51.0 Å². The van der Waals surface area contributed by atoms with Crippen LogP contribution in [-0.4, -0.2) is 69.1 Å². The van der Waals surface area contributed by atoms with Gasteiger partial charge in [0, 0.05) is 72.7 Å². The van der Waals surface area contributed by atoms with Gasteiger partial charge in [0.05, 0.1) is 10.4 Å². The summed E-state index contributed by atoms with van der Waals surface area (Å²) >= 11 is 2.33. The van der Waals surface area contributed by atoms with Gasteiger partial charge in [-0.1, -0.05) is 168 Å². The number of amides is 4. The molecule has 6 atom stereocenters. The Balaban J connectivity index is 0.665. The van der Waals surface area contributed by atoms with Gasteiger partial charge in [0.25, 0.3) is 23.6 Å². The maximum Gasteiger partial charge on any atom is 0.380 e. The highest BCUT2D eigenvalue weighted by Crippen LogP contribution is 2.78. The number of carbonyl (C=O) groups excluding carboxylic acids is 4. The van der Waals surface area contributed by atoms with Gasteiger partial charge < -0.3 is 4.74 Å². The maximum atomic E-state index is 16.6. The fourth-order valence-corrected chi connectivity index (χ4v) is 23.8. The average molecular weight is 1350 g/mol. The Morgan fingerprint density at radius 2 is 0.928 bits per heavy atom. The molecule has 4 bridgehead atoms. The molecule has 8 aromatic carbocycles. The molecule has 4 aliphatic heterocycles. The summed E-state index contributed by atoms with van der Waals surface area (Å²) in [5.41, 5.74) is 2.75. The number of imide groups is 2. The molecule has 0 spiro atoms. The highest BCUT2D eigenvalue weighted by Gasteiger charge is 2.85. The monoisotopic (exact) mass is 1340 g/mol. The molecule has 18 rings (SSSR count). The Bertz CT molecular complexity index is 4790. The second-order valence-electron chi connectivity index (χ2n) is 29.6. The predicted molar refractivity (Wildman–Crippen MR) is 375 cm³/mol. The second-order valence-corrected chi connectivity index (χ2v) is 32.2. The lowest BCUT2D eigenvalue weighted by Crippen LogP contribution is -2.55. The number of carbonyl (C=O) groups is 4. The van der Waals surface area contributed by atoms with E-state index < -0.39 is 50.4 Å². The zero-order valence-electron chi connectivity index (χ0n) is 55.2. The molecule has 496 valence electrons. The van der Waals surface area contributed by atoms with E-state index >= 15 is 35.9 Å². The number of nitrogens with zero attached hydrogens (tertiary/aromatic N) is 2. The molecule has 0 aromatic heterocycles. The van der Waals surface area contributed by atoms with E-state index in [9.17, 15) is 9.59 Å². The summed E-state index contributed by atoms with van der Waals surface area (Å²) in [6.45, 7) is 9.16. The molecule has 10 aliphatic rings. The summed E-state index contributed by atoms with van der Waals surface area (Å²) < 4.78 is 103. The van der Waals surface area contributed by atoms with Crippen LogP contribution in [-0.2, 0) is 15.6 Å². The van der Waals surface area contributed by atoms with Crippen LogP contribution in [0.5, 0.6) is 0 Å². The number of methoxy groups -OCH3 is 1. The Hall–Kier alpha value is -7.46. The SMILES string of the molecule is CCCCCCC(CCCCCC)N1C(=O)c2ccc3c4ccc5c6c(ccc(c7ccc(c2c37)C1=O)c64)C(=O)N(c1ccc(C23C[C@@H]4C[C@@H](CC(c6ccc(C7=C(C)C8=C9C(=C%10C(C)=C(c%11ccccc%11)SC%10(OC)C8(C)S7)C(F)(F)C(F)(F)C9(F)F)cc6)(C4)C2)C3)cc1)C5=O. The number of halogens is 6. The average Bonchev–Trinajstić information content (AvgIpc) is 1.39. The van der Waals surface area contributed by atoms with Crippen LogP contribution < -0.4 is 4.90 Å². The third kappa shape index (κ3) is 8.31. The first-order valence-electron chi connectivity index (χ1n) is 34.8. The third-order valence-corrected chi connectivity index (χ3v) is 27.9. The summed E-state index contributed by atoms with van der Waals surface area (Å²) in [5.74, 6) is -16.6. The maximum absolute atomic E-state index is 16.6. The van der Waals surface area contributed by atoms with Crippen LogP contribution in [0.3, 0.4) is 0 Å². The molecule has 6 aliphatic carbocycles. The van der Waals surface area contributed by atoms with E-state index in [0.717, 1.165) is 158 Å². The molecule has 97 heavy (non-hydrogen) atoms. The van der Waals surface area contributed by atoms with E-state index in [4.69, 9.17) is 4.74 Å². The summed E-state index contributed by atoms with van der Waals surface area (Å²) in [4.78, 5) is 61.8. The van der Waals surface area contributed by atoms with Gasteiger partial charge in [-0.05, 0) is 202 Å². The van der Waals surface area contributed by atoms with Crippen LogP contribution in [0.15, 0.2) is 161 Å². The molecule has 0 radical (unpaired) electrons. The number of rotatable bonds is 17. The van der Waals surface area contributed by atoms with Crippen molar-refractivity contribution in [3.05, 3.63) is 205 Å². The van der Waals surface area contributed by atoms with Gasteiger partial charge in [0.15, 0.2) is 4.93 Å². The minimum absolute atomic E-state index is 0.183. The zero-order chi connectivity index (χ0) is 67.4. The summed E-state index contributed by atoms with van der Waals surface area (Å²) in [6, 6.07) is 40.2. The van der Waals surface area contributed by atoms with E-state index in [1.807, 2.05) is 72.8 Å². The minimum Gasteiger partial charge on any atom is -0.361 e. The molecule has 0 saturated heterocycles. The van der Waals surface area contributed by atoms with Crippen molar-refractivity contribution < 1.29 is 50.3 Å². The number of fused-ring (bicyclic) bond motifs is 6. The van der Waals surface area contributed by atoms with Gasteiger partial charge in [-0.3, -0.25) is 24.1 Å². The number of allylic oxidation sites excluding steroid dienone is 3. The number of anilines is 1. The Morgan fingerprint density at radius 1 is 0.495 bits per heavy atom. The molecule has 15 heteroatoms. The van der Waals surface area contributed by atoms with E-state index in [2.05, 4.69) is 38.1 Å². The van der Waals surface area contributed by atoms with Crippen LogP contribution >= 0.6 is 23.5 Å². The summed E-state index contributed by atoms with van der Waals surface area (Å²) in [7, 11) is 1.34. The fraction of sp³-hybridized carbons (Fsp3) is 0.390. The van der Waals surface area contributed by atoms with Gasteiger partial charge in [-0.2, -0.15) is 26.3 Å². The third-order valence-electron chi connectivity index (χ3n) is 24.3. The first-order valence-corrected chi connectivity index (χ1v) is 36.4. The van der Waals surface area contributed by atoms with Crippen molar-refractivity contribution in [1.29, 1.82) is 0 Å². The molecular weight excluding hydrogens is 1270 g/mol. The lowest BCUT2D eigenvalue weighted by Gasteiger charge is -2.63.